The molecule has 0 unspecified atom stereocenters. The van der Waals surface area contributed by atoms with Crippen LogP contribution in [0.5, 0.6) is 0 Å². The maximum absolute atomic E-state index is 13.3. The minimum absolute atomic E-state index is 0.0707. The van der Waals surface area contributed by atoms with Crippen molar-refractivity contribution < 1.29 is 24.2 Å². The second-order valence-corrected chi connectivity index (χ2v) is 9.10. The van der Waals surface area contributed by atoms with Gasteiger partial charge in [0.2, 0.25) is 5.91 Å². The van der Waals surface area contributed by atoms with Crippen molar-refractivity contribution in [2.75, 3.05) is 13.2 Å². The topological polar surface area (TPSA) is 95.9 Å². The molecule has 0 aromatic heterocycles. The number of hydrogen-bond acceptors (Lipinski definition) is 4. The highest BCUT2D eigenvalue weighted by atomic mass is 16.5. The molecular formula is C27H34N2O5. The quantitative estimate of drug-likeness (QED) is 0.531. The number of alkyl carbamates (subject to hydrolysis) is 1. The summed E-state index contributed by atoms with van der Waals surface area (Å²) in [4.78, 5) is 38.7. The standard InChI is InChI=1S/C27H34N2O5/c1-5-18(4)25(26(32)29(17(2)3)15-14-24(30)31)28-27(33)34-16-23-21-12-8-6-10-19(21)20-11-7-9-13-22(20)23/h6-13,17-18,23,25H,5,14-16H2,1-4H3,(H,28,33)(H,30,31)/t18-,25-/m0/s1. The number of carbonyl (C=O) groups is 3. The lowest BCUT2D eigenvalue weighted by molar-refractivity contribution is -0.140. The number of benzene rings is 2. The zero-order valence-electron chi connectivity index (χ0n) is 20.3. The molecule has 34 heavy (non-hydrogen) atoms. The number of aliphatic carboxylic acids is 1. The van der Waals surface area contributed by atoms with Gasteiger partial charge in [0.1, 0.15) is 12.6 Å². The summed E-state index contributed by atoms with van der Waals surface area (Å²) in [6, 6.07) is 15.2. The number of rotatable bonds is 10. The van der Waals surface area contributed by atoms with Crippen molar-refractivity contribution in [2.24, 2.45) is 5.92 Å². The molecule has 0 heterocycles. The van der Waals surface area contributed by atoms with Gasteiger partial charge in [-0.05, 0) is 42.0 Å². The molecule has 2 amide bonds. The van der Waals surface area contributed by atoms with Crippen molar-refractivity contribution in [3.63, 3.8) is 0 Å². The summed E-state index contributed by atoms with van der Waals surface area (Å²) in [7, 11) is 0. The molecule has 2 N–H and O–H groups in total. The van der Waals surface area contributed by atoms with Gasteiger partial charge in [-0.25, -0.2) is 4.79 Å². The summed E-state index contributed by atoms with van der Waals surface area (Å²) < 4.78 is 5.64. The van der Waals surface area contributed by atoms with Crippen molar-refractivity contribution >= 4 is 18.0 Å². The Morgan fingerprint density at radius 1 is 1.00 bits per heavy atom. The Morgan fingerprint density at radius 2 is 1.56 bits per heavy atom. The van der Waals surface area contributed by atoms with Crippen molar-refractivity contribution in [3.8, 4) is 11.1 Å². The van der Waals surface area contributed by atoms with Crippen LogP contribution in [0.3, 0.4) is 0 Å². The smallest absolute Gasteiger partial charge is 0.407 e. The predicted molar refractivity (Wildman–Crippen MR) is 131 cm³/mol. The average Bonchev–Trinajstić information content (AvgIpc) is 3.14. The van der Waals surface area contributed by atoms with E-state index < -0.39 is 18.1 Å². The van der Waals surface area contributed by atoms with Crippen LogP contribution in [0.4, 0.5) is 4.79 Å². The first-order chi connectivity index (χ1) is 16.2. The van der Waals surface area contributed by atoms with Crippen molar-refractivity contribution in [1.82, 2.24) is 10.2 Å². The Bertz CT molecular complexity index is 990. The predicted octanol–water partition coefficient (Wildman–Crippen LogP) is 4.65. The number of nitrogens with zero attached hydrogens (tertiary/aromatic N) is 1. The highest BCUT2D eigenvalue weighted by Crippen LogP contribution is 2.44. The summed E-state index contributed by atoms with van der Waals surface area (Å²) in [5.41, 5.74) is 4.52. The largest absolute Gasteiger partial charge is 0.481 e. The van der Waals surface area contributed by atoms with Crippen LogP contribution in [0.1, 0.15) is 57.6 Å². The van der Waals surface area contributed by atoms with Crippen LogP contribution >= 0.6 is 0 Å². The number of carbonyl (C=O) groups excluding carboxylic acids is 2. The number of carboxylic acid groups (broad SMARTS) is 1. The molecule has 3 rings (SSSR count). The zero-order valence-corrected chi connectivity index (χ0v) is 20.3. The number of hydrogen-bond donors (Lipinski definition) is 2. The van der Waals surface area contributed by atoms with E-state index in [0.29, 0.717) is 6.42 Å². The van der Waals surface area contributed by atoms with Crippen LogP contribution in [-0.4, -0.2) is 53.2 Å². The van der Waals surface area contributed by atoms with Gasteiger partial charge < -0.3 is 20.1 Å². The molecule has 0 fully saturated rings. The monoisotopic (exact) mass is 466 g/mol. The van der Waals surface area contributed by atoms with E-state index in [0.717, 1.165) is 22.3 Å². The van der Waals surface area contributed by atoms with Crippen LogP contribution in [0.2, 0.25) is 0 Å². The summed E-state index contributed by atoms with van der Waals surface area (Å²) in [6.45, 7) is 7.75. The minimum atomic E-state index is -0.969. The molecule has 1 aliphatic carbocycles. The zero-order chi connectivity index (χ0) is 24.8. The first kappa shape index (κ1) is 25.3. The van der Waals surface area contributed by atoms with Gasteiger partial charge in [0.25, 0.3) is 0 Å². The molecule has 7 nitrogen and oxygen atoms in total. The third-order valence-corrected chi connectivity index (χ3v) is 6.57. The molecule has 0 bridgehead atoms. The summed E-state index contributed by atoms with van der Waals surface area (Å²) >= 11 is 0. The Morgan fingerprint density at radius 3 is 2.06 bits per heavy atom. The number of carboxylic acids is 1. The number of amides is 2. The number of nitrogens with one attached hydrogen (secondary N) is 1. The Kier molecular flexibility index (Phi) is 8.31. The van der Waals surface area contributed by atoms with E-state index in [1.807, 2.05) is 52.0 Å². The van der Waals surface area contributed by atoms with Gasteiger partial charge in [-0.3, -0.25) is 9.59 Å². The second-order valence-electron chi connectivity index (χ2n) is 9.10. The number of ether oxygens (including phenoxy) is 1. The van der Waals surface area contributed by atoms with Gasteiger partial charge in [0.15, 0.2) is 0 Å². The maximum atomic E-state index is 13.3. The van der Waals surface area contributed by atoms with Crippen molar-refractivity contribution in [3.05, 3.63) is 59.7 Å². The van der Waals surface area contributed by atoms with Gasteiger partial charge >= 0.3 is 12.1 Å². The van der Waals surface area contributed by atoms with Gasteiger partial charge in [0.05, 0.1) is 6.42 Å². The number of fused-ring (bicyclic) bond motifs is 3. The maximum Gasteiger partial charge on any atom is 0.407 e. The lowest BCUT2D eigenvalue weighted by atomic mass is 9.97. The molecule has 2 atom stereocenters. The molecule has 0 aliphatic heterocycles. The molecule has 2 aromatic rings. The van der Waals surface area contributed by atoms with Crippen LogP contribution in [0, 0.1) is 5.92 Å². The van der Waals surface area contributed by atoms with E-state index in [1.54, 1.807) is 0 Å². The molecular weight excluding hydrogens is 432 g/mol. The van der Waals surface area contributed by atoms with Crippen molar-refractivity contribution in [1.29, 1.82) is 0 Å². The van der Waals surface area contributed by atoms with Gasteiger partial charge in [-0.1, -0.05) is 68.8 Å². The van der Waals surface area contributed by atoms with Crippen LogP contribution in [0.15, 0.2) is 48.5 Å². The van der Waals surface area contributed by atoms with E-state index in [1.165, 1.54) is 4.90 Å². The van der Waals surface area contributed by atoms with E-state index in [-0.39, 0.29) is 43.4 Å². The molecule has 182 valence electrons. The third-order valence-electron chi connectivity index (χ3n) is 6.57. The lowest BCUT2D eigenvalue weighted by Gasteiger charge is -2.33. The highest BCUT2D eigenvalue weighted by Gasteiger charge is 2.33. The molecule has 0 saturated carbocycles. The molecule has 2 aromatic carbocycles. The summed E-state index contributed by atoms with van der Waals surface area (Å²) in [5, 5.41) is 11.8. The SMILES string of the molecule is CC[C@H](C)[C@H](NC(=O)OCC1c2ccccc2-c2ccccc21)C(=O)N(CCC(=O)O)C(C)C. The molecule has 0 spiro atoms. The average molecular weight is 467 g/mol. The minimum Gasteiger partial charge on any atom is -0.481 e. The lowest BCUT2D eigenvalue weighted by Crippen LogP contribution is -2.54. The Balaban J connectivity index is 1.71. The Hall–Kier alpha value is -3.35. The van der Waals surface area contributed by atoms with Crippen LogP contribution in [-0.2, 0) is 14.3 Å². The van der Waals surface area contributed by atoms with E-state index >= 15 is 0 Å². The first-order valence-corrected chi connectivity index (χ1v) is 11.9. The Labute approximate surface area is 201 Å². The fraction of sp³-hybridized carbons (Fsp3) is 0.444. The van der Waals surface area contributed by atoms with E-state index in [4.69, 9.17) is 9.84 Å². The summed E-state index contributed by atoms with van der Waals surface area (Å²) in [6.07, 6.45) is -0.130. The first-order valence-electron chi connectivity index (χ1n) is 11.9. The molecule has 0 radical (unpaired) electrons. The fourth-order valence-electron chi connectivity index (χ4n) is 4.47. The van der Waals surface area contributed by atoms with Gasteiger partial charge in [-0.15, -0.1) is 0 Å². The molecule has 1 aliphatic rings. The molecule has 7 heteroatoms. The molecule has 0 saturated heterocycles. The van der Waals surface area contributed by atoms with E-state index in [9.17, 15) is 14.4 Å². The third kappa shape index (κ3) is 5.58. The second kappa shape index (κ2) is 11.2. The van der Waals surface area contributed by atoms with Crippen LogP contribution < -0.4 is 5.32 Å². The fourth-order valence-corrected chi connectivity index (χ4v) is 4.47. The van der Waals surface area contributed by atoms with Crippen molar-refractivity contribution in [2.45, 2.75) is 58.5 Å². The van der Waals surface area contributed by atoms with Crippen LogP contribution in [0.25, 0.3) is 11.1 Å². The highest BCUT2D eigenvalue weighted by molar-refractivity contribution is 5.86. The van der Waals surface area contributed by atoms with Gasteiger partial charge in [0, 0.05) is 18.5 Å². The normalized spacial score (nSPS) is 14.1. The van der Waals surface area contributed by atoms with E-state index in [2.05, 4.69) is 29.6 Å². The van der Waals surface area contributed by atoms with Gasteiger partial charge in [-0.2, -0.15) is 0 Å². The summed E-state index contributed by atoms with van der Waals surface area (Å²) in [5.74, 6) is -1.47.